The fraction of sp³-hybridized carbons (Fsp3) is 1.00. The summed E-state index contributed by atoms with van der Waals surface area (Å²) >= 11 is 0. The first-order valence-corrected chi connectivity index (χ1v) is 5.28. The first-order valence-electron chi connectivity index (χ1n) is 5.28. The minimum Gasteiger partial charge on any atom is -0.388 e. The van der Waals surface area contributed by atoms with Gasteiger partial charge in [0.15, 0.2) is 0 Å². The number of nitrogens with zero attached hydrogens (tertiary/aromatic N) is 1. The molecule has 4 nitrogen and oxygen atoms in total. The molecule has 1 rings (SSSR count). The number of aliphatic hydroxyl groups is 1. The van der Waals surface area contributed by atoms with E-state index in [1.54, 1.807) is 7.11 Å². The fourth-order valence-electron chi connectivity index (χ4n) is 1.83. The maximum atomic E-state index is 9.95. The van der Waals surface area contributed by atoms with Gasteiger partial charge in [-0.2, -0.15) is 0 Å². The van der Waals surface area contributed by atoms with E-state index >= 15 is 0 Å². The average Bonchev–Trinajstić information content (AvgIpc) is 2.27. The van der Waals surface area contributed by atoms with Crippen LogP contribution in [0.25, 0.3) is 0 Å². The fourth-order valence-corrected chi connectivity index (χ4v) is 1.83. The Morgan fingerprint density at radius 2 is 2.36 bits per heavy atom. The highest BCUT2D eigenvalue weighted by molar-refractivity contribution is 4.83. The normalized spacial score (nSPS) is 30.2. The second-order valence-electron chi connectivity index (χ2n) is 4.30. The Hall–Kier alpha value is -0.160. The molecular formula is C10H22N2O2. The summed E-state index contributed by atoms with van der Waals surface area (Å²) in [7, 11) is 1.72. The molecule has 1 fully saturated rings. The molecule has 0 amide bonds. The summed E-state index contributed by atoms with van der Waals surface area (Å²) in [6.07, 6.45) is 1.03. The molecule has 0 aromatic carbocycles. The first kappa shape index (κ1) is 11.9. The molecule has 84 valence electrons. The van der Waals surface area contributed by atoms with E-state index in [4.69, 9.17) is 4.74 Å². The topological polar surface area (TPSA) is 44.7 Å². The van der Waals surface area contributed by atoms with Crippen LogP contribution in [-0.4, -0.2) is 62.0 Å². The third kappa shape index (κ3) is 4.37. The van der Waals surface area contributed by atoms with E-state index in [-0.39, 0.29) is 0 Å². The summed E-state index contributed by atoms with van der Waals surface area (Å²) in [5, 5.41) is 13.2. The molecule has 1 saturated heterocycles. The number of nitrogens with one attached hydrogen (secondary N) is 1. The van der Waals surface area contributed by atoms with Crippen LogP contribution in [0.15, 0.2) is 0 Å². The molecule has 0 spiro atoms. The summed E-state index contributed by atoms with van der Waals surface area (Å²) in [6.45, 7) is 7.10. The molecule has 1 aliphatic rings. The van der Waals surface area contributed by atoms with E-state index in [0.717, 1.165) is 39.2 Å². The molecule has 0 radical (unpaired) electrons. The van der Waals surface area contributed by atoms with Gasteiger partial charge in [-0.25, -0.2) is 0 Å². The van der Waals surface area contributed by atoms with Crippen LogP contribution in [0, 0.1) is 0 Å². The van der Waals surface area contributed by atoms with Gasteiger partial charge in [0, 0.05) is 46.4 Å². The van der Waals surface area contributed by atoms with Crippen LogP contribution in [0.4, 0.5) is 0 Å². The highest BCUT2D eigenvalue weighted by Gasteiger charge is 2.25. The molecule has 1 atom stereocenters. The minimum absolute atomic E-state index is 0.594. The minimum atomic E-state index is -0.594. The second kappa shape index (κ2) is 5.66. The number of hydrogen-bond acceptors (Lipinski definition) is 4. The molecule has 2 N–H and O–H groups in total. The summed E-state index contributed by atoms with van der Waals surface area (Å²) in [5.41, 5.74) is -0.594. The van der Waals surface area contributed by atoms with E-state index < -0.39 is 5.60 Å². The Morgan fingerprint density at radius 3 is 3.07 bits per heavy atom. The molecule has 1 heterocycles. The van der Waals surface area contributed by atoms with Gasteiger partial charge in [0.25, 0.3) is 0 Å². The van der Waals surface area contributed by atoms with Gasteiger partial charge in [-0.1, -0.05) is 0 Å². The van der Waals surface area contributed by atoms with Crippen molar-refractivity contribution in [1.82, 2.24) is 10.2 Å². The highest BCUT2D eigenvalue weighted by atomic mass is 16.5. The van der Waals surface area contributed by atoms with Crippen LogP contribution in [0.3, 0.4) is 0 Å². The van der Waals surface area contributed by atoms with Gasteiger partial charge in [0.2, 0.25) is 0 Å². The Kier molecular flexibility index (Phi) is 4.81. The third-order valence-corrected chi connectivity index (χ3v) is 2.50. The summed E-state index contributed by atoms with van der Waals surface area (Å²) in [4.78, 5) is 2.29. The summed E-state index contributed by atoms with van der Waals surface area (Å²) in [5.74, 6) is 0. The Morgan fingerprint density at radius 1 is 1.57 bits per heavy atom. The van der Waals surface area contributed by atoms with Gasteiger partial charge in [-0.3, -0.25) is 4.90 Å². The predicted octanol–water partition coefficient (Wildman–Crippen LogP) is -0.321. The average molecular weight is 202 g/mol. The van der Waals surface area contributed by atoms with E-state index in [2.05, 4.69) is 10.2 Å². The number of ether oxygens (including phenoxy) is 1. The quantitative estimate of drug-likeness (QED) is 0.613. The zero-order valence-electron chi connectivity index (χ0n) is 9.25. The van der Waals surface area contributed by atoms with Gasteiger partial charge in [0.1, 0.15) is 0 Å². The third-order valence-electron chi connectivity index (χ3n) is 2.50. The Labute approximate surface area is 86.2 Å². The number of rotatable bonds is 4. The van der Waals surface area contributed by atoms with Crippen LogP contribution in [0.5, 0.6) is 0 Å². The van der Waals surface area contributed by atoms with E-state index in [0.29, 0.717) is 6.54 Å². The van der Waals surface area contributed by atoms with Gasteiger partial charge in [0.05, 0.1) is 5.60 Å². The molecule has 0 aromatic rings. The van der Waals surface area contributed by atoms with Crippen LogP contribution >= 0.6 is 0 Å². The smallest absolute Gasteiger partial charge is 0.0869 e. The lowest BCUT2D eigenvalue weighted by molar-refractivity contribution is 0.0320. The number of β-amino-alcohol motifs (C(OH)–C–C–N with tert-alkyl or cyclic N) is 1. The van der Waals surface area contributed by atoms with Crippen molar-refractivity contribution in [3.05, 3.63) is 0 Å². The first-order chi connectivity index (χ1) is 6.64. The maximum Gasteiger partial charge on any atom is 0.0869 e. The van der Waals surface area contributed by atoms with Crippen LogP contribution in [0.1, 0.15) is 13.3 Å². The zero-order valence-corrected chi connectivity index (χ0v) is 9.25. The standard InChI is InChI=1S/C10H22N2O2/c1-10(13)8-11-4-6-12(9-10)5-3-7-14-2/h11,13H,3-9H2,1-2H3. The van der Waals surface area contributed by atoms with Crippen molar-refractivity contribution >= 4 is 0 Å². The second-order valence-corrected chi connectivity index (χ2v) is 4.30. The molecule has 0 bridgehead atoms. The molecule has 1 aliphatic heterocycles. The van der Waals surface area contributed by atoms with Gasteiger partial charge < -0.3 is 15.2 Å². The van der Waals surface area contributed by atoms with E-state index in [1.807, 2.05) is 6.92 Å². The van der Waals surface area contributed by atoms with Crippen molar-refractivity contribution < 1.29 is 9.84 Å². The van der Waals surface area contributed by atoms with E-state index in [1.165, 1.54) is 0 Å². The molecule has 1 unspecified atom stereocenters. The summed E-state index contributed by atoms with van der Waals surface area (Å²) < 4.78 is 5.01. The largest absolute Gasteiger partial charge is 0.388 e. The molecule has 4 heteroatoms. The molecule has 0 aromatic heterocycles. The highest BCUT2D eigenvalue weighted by Crippen LogP contribution is 2.08. The van der Waals surface area contributed by atoms with Crippen molar-refractivity contribution in [3.63, 3.8) is 0 Å². The number of methoxy groups -OCH3 is 1. The van der Waals surface area contributed by atoms with Crippen LogP contribution in [0.2, 0.25) is 0 Å². The van der Waals surface area contributed by atoms with Crippen LogP contribution < -0.4 is 5.32 Å². The lowest BCUT2D eigenvalue weighted by atomic mass is 10.1. The maximum absolute atomic E-state index is 9.95. The van der Waals surface area contributed by atoms with Crippen LogP contribution in [-0.2, 0) is 4.74 Å². The molecule has 0 aliphatic carbocycles. The van der Waals surface area contributed by atoms with Crippen molar-refractivity contribution in [1.29, 1.82) is 0 Å². The lowest BCUT2D eigenvalue weighted by Crippen LogP contribution is -2.43. The predicted molar refractivity (Wildman–Crippen MR) is 56.4 cm³/mol. The molecular weight excluding hydrogens is 180 g/mol. The van der Waals surface area contributed by atoms with Gasteiger partial charge in [-0.05, 0) is 13.3 Å². The molecule has 0 saturated carbocycles. The monoisotopic (exact) mass is 202 g/mol. The Balaban J connectivity index is 2.28. The van der Waals surface area contributed by atoms with Crippen molar-refractivity contribution in [2.75, 3.05) is 46.4 Å². The zero-order chi connectivity index (χ0) is 10.4. The SMILES string of the molecule is COCCCN1CCNCC(C)(O)C1. The van der Waals surface area contributed by atoms with Gasteiger partial charge >= 0.3 is 0 Å². The summed E-state index contributed by atoms with van der Waals surface area (Å²) in [6, 6.07) is 0. The number of hydrogen-bond donors (Lipinski definition) is 2. The Bertz CT molecular complexity index is 162. The van der Waals surface area contributed by atoms with Gasteiger partial charge in [-0.15, -0.1) is 0 Å². The van der Waals surface area contributed by atoms with Crippen molar-refractivity contribution in [3.8, 4) is 0 Å². The molecule has 14 heavy (non-hydrogen) atoms. The van der Waals surface area contributed by atoms with Crippen molar-refractivity contribution in [2.45, 2.75) is 18.9 Å². The lowest BCUT2D eigenvalue weighted by Gasteiger charge is -2.27. The van der Waals surface area contributed by atoms with Crippen molar-refractivity contribution in [2.24, 2.45) is 0 Å². The van der Waals surface area contributed by atoms with E-state index in [9.17, 15) is 5.11 Å².